The molecule has 1 amide bonds. The molecule has 0 bridgehead atoms. The van der Waals surface area contributed by atoms with E-state index in [4.69, 9.17) is 4.74 Å². The van der Waals surface area contributed by atoms with Gasteiger partial charge < -0.3 is 15.0 Å². The molecule has 0 saturated carbocycles. The number of carbonyl (C=O) groups is 1. The Balaban J connectivity index is 1.63. The van der Waals surface area contributed by atoms with E-state index >= 15 is 0 Å². The second-order valence-electron chi connectivity index (χ2n) is 8.90. The SMILES string of the molecule is Cc1c(N[C@@H](CC2CCN(C(=O)OC(C)(C)C)CC2)c2cccnc2)cnn1C. The summed E-state index contributed by atoms with van der Waals surface area (Å²) in [6.45, 7) is 9.26. The predicted molar refractivity (Wildman–Crippen MR) is 114 cm³/mol. The number of aryl methyl sites for hydroxylation is 1. The summed E-state index contributed by atoms with van der Waals surface area (Å²) in [4.78, 5) is 18.5. The number of nitrogens with one attached hydrogen (secondary N) is 1. The van der Waals surface area contributed by atoms with Crippen molar-refractivity contribution < 1.29 is 9.53 Å². The summed E-state index contributed by atoms with van der Waals surface area (Å²) in [6, 6.07) is 4.25. The summed E-state index contributed by atoms with van der Waals surface area (Å²) in [6.07, 6.45) is 8.34. The maximum absolute atomic E-state index is 12.3. The smallest absolute Gasteiger partial charge is 0.410 e. The zero-order chi connectivity index (χ0) is 21.0. The number of rotatable bonds is 5. The van der Waals surface area contributed by atoms with Gasteiger partial charge in [-0.2, -0.15) is 5.10 Å². The van der Waals surface area contributed by atoms with Crippen LogP contribution in [-0.2, 0) is 11.8 Å². The highest BCUT2D eigenvalue weighted by Gasteiger charge is 2.28. The third-order valence-electron chi connectivity index (χ3n) is 5.49. The summed E-state index contributed by atoms with van der Waals surface area (Å²) >= 11 is 0. The number of pyridine rings is 1. The standard InChI is InChI=1S/C22H33N5O2/c1-16-20(15-24-26(16)5)25-19(18-7-6-10-23-14-18)13-17-8-11-27(12-9-17)21(28)29-22(2,3)4/h6-7,10,14-15,17,19,25H,8-9,11-13H2,1-5H3/t19-/m0/s1. The van der Waals surface area contributed by atoms with Crippen molar-refractivity contribution in [1.82, 2.24) is 19.7 Å². The summed E-state index contributed by atoms with van der Waals surface area (Å²) < 4.78 is 7.39. The van der Waals surface area contributed by atoms with Gasteiger partial charge in [0, 0.05) is 32.5 Å². The molecule has 1 saturated heterocycles. The molecule has 1 fully saturated rings. The van der Waals surface area contributed by atoms with E-state index in [1.54, 1.807) is 6.20 Å². The van der Waals surface area contributed by atoms with E-state index in [2.05, 4.69) is 28.4 Å². The summed E-state index contributed by atoms with van der Waals surface area (Å²) in [5.74, 6) is 0.531. The quantitative estimate of drug-likeness (QED) is 0.811. The number of anilines is 1. The van der Waals surface area contributed by atoms with Crippen molar-refractivity contribution >= 4 is 11.8 Å². The third kappa shape index (κ3) is 5.71. The number of hydrogen-bond acceptors (Lipinski definition) is 5. The van der Waals surface area contributed by atoms with Crippen LogP contribution in [0.25, 0.3) is 0 Å². The predicted octanol–water partition coefficient (Wildman–Crippen LogP) is 4.31. The minimum atomic E-state index is -0.454. The Hall–Kier alpha value is -2.57. The van der Waals surface area contributed by atoms with Gasteiger partial charge in [0.05, 0.1) is 23.6 Å². The second kappa shape index (κ2) is 8.84. The lowest BCUT2D eigenvalue weighted by molar-refractivity contribution is 0.0179. The van der Waals surface area contributed by atoms with Crippen LogP contribution in [0.4, 0.5) is 10.5 Å². The Morgan fingerprint density at radius 1 is 1.31 bits per heavy atom. The van der Waals surface area contributed by atoms with Crippen molar-refractivity contribution in [3.8, 4) is 0 Å². The molecule has 1 N–H and O–H groups in total. The van der Waals surface area contributed by atoms with E-state index in [1.165, 1.54) is 5.56 Å². The fourth-order valence-corrected chi connectivity index (χ4v) is 3.70. The number of carbonyl (C=O) groups excluding carboxylic acids is 1. The van der Waals surface area contributed by atoms with Crippen molar-refractivity contribution in [2.45, 2.75) is 58.6 Å². The molecule has 1 atom stereocenters. The lowest BCUT2D eigenvalue weighted by atomic mass is 9.88. The Morgan fingerprint density at radius 3 is 2.59 bits per heavy atom. The zero-order valence-corrected chi connectivity index (χ0v) is 18.2. The van der Waals surface area contributed by atoms with Gasteiger partial charge in [-0.1, -0.05) is 6.07 Å². The van der Waals surface area contributed by atoms with Crippen LogP contribution >= 0.6 is 0 Å². The van der Waals surface area contributed by atoms with Crippen LogP contribution < -0.4 is 5.32 Å². The summed E-state index contributed by atoms with van der Waals surface area (Å²) in [5.41, 5.74) is 2.88. The van der Waals surface area contributed by atoms with Crippen LogP contribution in [0.3, 0.4) is 0 Å². The molecule has 2 aromatic rings. The lowest BCUT2D eigenvalue weighted by Gasteiger charge is -2.35. The van der Waals surface area contributed by atoms with E-state index in [0.29, 0.717) is 5.92 Å². The molecule has 0 unspecified atom stereocenters. The third-order valence-corrected chi connectivity index (χ3v) is 5.49. The largest absolute Gasteiger partial charge is 0.444 e. The molecular formula is C22H33N5O2. The van der Waals surface area contributed by atoms with Crippen LogP contribution in [0.2, 0.25) is 0 Å². The fourth-order valence-electron chi connectivity index (χ4n) is 3.70. The van der Waals surface area contributed by atoms with Gasteiger partial charge in [-0.3, -0.25) is 9.67 Å². The second-order valence-corrected chi connectivity index (χ2v) is 8.90. The summed E-state index contributed by atoms with van der Waals surface area (Å²) in [5, 5.41) is 8.02. The van der Waals surface area contributed by atoms with E-state index in [0.717, 1.165) is 43.7 Å². The molecule has 1 aliphatic heterocycles. The number of piperidine rings is 1. The molecule has 0 radical (unpaired) electrons. The number of ether oxygens (including phenoxy) is 1. The normalized spacial score (nSPS) is 16.5. The first-order chi connectivity index (χ1) is 13.7. The molecule has 3 rings (SSSR count). The van der Waals surface area contributed by atoms with Crippen LogP contribution in [0.5, 0.6) is 0 Å². The Kier molecular flexibility index (Phi) is 6.45. The van der Waals surface area contributed by atoms with Crippen molar-refractivity contribution in [2.75, 3.05) is 18.4 Å². The Bertz CT molecular complexity index is 804. The molecule has 0 aliphatic carbocycles. The number of aromatic nitrogens is 3. The van der Waals surface area contributed by atoms with Gasteiger partial charge in [-0.25, -0.2) is 4.79 Å². The average Bonchev–Trinajstić information content (AvgIpc) is 2.99. The number of nitrogens with zero attached hydrogens (tertiary/aromatic N) is 4. The van der Waals surface area contributed by atoms with Crippen LogP contribution in [0.15, 0.2) is 30.7 Å². The van der Waals surface area contributed by atoms with E-state index in [9.17, 15) is 4.79 Å². The molecule has 0 spiro atoms. The average molecular weight is 400 g/mol. The fraction of sp³-hybridized carbons (Fsp3) is 0.591. The Morgan fingerprint density at radius 2 is 2.03 bits per heavy atom. The molecule has 0 aromatic carbocycles. The van der Waals surface area contributed by atoms with Gasteiger partial charge >= 0.3 is 6.09 Å². The minimum Gasteiger partial charge on any atom is -0.444 e. The highest BCUT2D eigenvalue weighted by Crippen LogP contribution is 2.32. The first kappa shape index (κ1) is 21.1. The highest BCUT2D eigenvalue weighted by molar-refractivity contribution is 5.68. The van der Waals surface area contributed by atoms with E-state index in [-0.39, 0.29) is 12.1 Å². The number of hydrogen-bond donors (Lipinski definition) is 1. The zero-order valence-electron chi connectivity index (χ0n) is 18.2. The molecule has 7 nitrogen and oxygen atoms in total. The van der Waals surface area contributed by atoms with Crippen molar-refractivity contribution in [3.63, 3.8) is 0 Å². The number of likely N-dealkylation sites (tertiary alicyclic amines) is 1. The first-order valence-electron chi connectivity index (χ1n) is 10.4. The molecule has 158 valence electrons. The van der Waals surface area contributed by atoms with Crippen molar-refractivity contribution in [2.24, 2.45) is 13.0 Å². The van der Waals surface area contributed by atoms with Gasteiger partial charge in [0.15, 0.2) is 0 Å². The highest BCUT2D eigenvalue weighted by atomic mass is 16.6. The molecule has 2 aromatic heterocycles. The molecule has 29 heavy (non-hydrogen) atoms. The number of amides is 1. The molecular weight excluding hydrogens is 366 g/mol. The minimum absolute atomic E-state index is 0.157. The summed E-state index contributed by atoms with van der Waals surface area (Å²) in [7, 11) is 1.95. The van der Waals surface area contributed by atoms with Gasteiger partial charge in [-0.15, -0.1) is 0 Å². The topological polar surface area (TPSA) is 72.3 Å². The first-order valence-corrected chi connectivity index (χ1v) is 10.4. The van der Waals surface area contributed by atoms with Gasteiger partial charge in [-0.05, 0) is 64.5 Å². The van der Waals surface area contributed by atoms with Gasteiger partial charge in [0.25, 0.3) is 0 Å². The molecule has 7 heteroatoms. The Labute approximate surface area is 173 Å². The van der Waals surface area contributed by atoms with Crippen LogP contribution in [-0.4, -0.2) is 44.4 Å². The maximum atomic E-state index is 12.3. The van der Waals surface area contributed by atoms with Crippen LogP contribution in [0, 0.1) is 12.8 Å². The van der Waals surface area contributed by atoms with Crippen molar-refractivity contribution in [3.05, 3.63) is 42.0 Å². The van der Waals surface area contributed by atoms with E-state index < -0.39 is 5.60 Å². The van der Waals surface area contributed by atoms with E-state index in [1.807, 2.05) is 55.9 Å². The maximum Gasteiger partial charge on any atom is 0.410 e. The molecule has 3 heterocycles. The van der Waals surface area contributed by atoms with Gasteiger partial charge in [0.2, 0.25) is 0 Å². The molecule has 1 aliphatic rings. The van der Waals surface area contributed by atoms with Crippen LogP contribution in [0.1, 0.15) is 57.3 Å². The lowest BCUT2D eigenvalue weighted by Crippen LogP contribution is -2.42. The van der Waals surface area contributed by atoms with Crippen molar-refractivity contribution in [1.29, 1.82) is 0 Å². The monoisotopic (exact) mass is 399 g/mol. The van der Waals surface area contributed by atoms with Gasteiger partial charge in [0.1, 0.15) is 5.60 Å².